The van der Waals surface area contributed by atoms with Crippen LogP contribution in [0.2, 0.25) is 5.02 Å². The van der Waals surface area contributed by atoms with Gasteiger partial charge in [-0.2, -0.15) is 0 Å². The highest BCUT2D eigenvalue weighted by atomic mass is 35.5. The third kappa shape index (κ3) is 4.48. The van der Waals surface area contributed by atoms with Crippen LogP contribution in [0.1, 0.15) is 11.1 Å². The summed E-state index contributed by atoms with van der Waals surface area (Å²) in [6, 6.07) is 10.9. The lowest BCUT2D eigenvalue weighted by Crippen LogP contribution is -2.47. The molecule has 2 aromatic carbocycles. The zero-order chi connectivity index (χ0) is 17.8. The molecule has 1 atom stereocenters. The molecule has 0 saturated heterocycles. The quantitative estimate of drug-likeness (QED) is 0.824. The SMILES string of the molecule is O=C(Cc1ccc(F)cc1)NNC(=O)[C@H]1COc2ccc(Cl)cc2C1. The van der Waals surface area contributed by atoms with Crippen LogP contribution in [-0.4, -0.2) is 18.4 Å². The van der Waals surface area contributed by atoms with Crippen LogP contribution >= 0.6 is 11.6 Å². The molecule has 2 aromatic rings. The van der Waals surface area contributed by atoms with Crippen LogP contribution in [0.15, 0.2) is 42.5 Å². The Labute approximate surface area is 149 Å². The molecule has 0 spiro atoms. The normalized spacial score (nSPS) is 15.7. The molecular weight excluding hydrogens is 347 g/mol. The van der Waals surface area contributed by atoms with E-state index in [1.54, 1.807) is 18.2 Å². The second kappa shape index (κ2) is 7.53. The standard InChI is InChI=1S/C18H16ClFN2O3/c19-14-3-6-16-12(9-14)8-13(10-25-16)18(24)22-21-17(23)7-11-1-4-15(20)5-2-11/h1-6,9,13H,7-8,10H2,(H,21,23)(H,22,24)/t13-/m1/s1. The highest BCUT2D eigenvalue weighted by Gasteiger charge is 2.26. The van der Waals surface area contributed by atoms with Gasteiger partial charge < -0.3 is 4.74 Å². The average Bonchev–Trinajstić information content (AvgIpc) is 2.61. The van der Waals surface area contributed by atoms with E-state index in [4.69, 9.17) is 16.3 Å². The summed E-state index contributed by atoms with van der Waals surface area (Å²) in [5, 5.41) is 0.580. The van der Waals surface area contributed by atoms with Gasteiger partial charge in [-0.05, 0) is 47.9 Å². The Hall–Kier alpha value is -2.60. The van der Waals surface area contributed by atoms with E-state index in [0.29, 0.717) is 22.8 Å². The summed E-state index contributed by atoms with van der Waals surface area (Å²) < 4.78 is 18.4. The van der Waals surface area contributed by atoms with E-state index >= 15 is 0 Å². The van der Waals surface area contributed by atoms with Crippen LogP contribution in [-0.2, 0) is 22.4 Å². The number of carbonyl (C=O) groups excluding carboxylic acids is 2. The van der Waals surface area contributed by atoms with E-state index in [0.717, 1.165) is 5.56 Å². The van der Waals surface area contributed by atoms with Crippen LogP contribution in [0.5, 0.6) is 5.75 Å². The van der Waals surface area contributed by atoms with Crippen molar-refractivity contribution in [1.29, 1.82) is 0 Å². The lowest BCUT2D eigenvalue weighted by Gasteiger charge is -2.24. The van der Waals surface area contributed by atoms with Crippen molar-refractivity contribution in [2.45, 2.75) is 12.8 Å². The van der Waals surface area contributed by atoms with Crippen molar-refractivity contribution < 1.29 is 18.7 Å². The van der Waals surface area contributed by atoms with Crippen molar-refractivity contribution in [1.82, 2.24) is 10.9 Å². The number of nitrogens with one attached hydrogen (secondary N) is 2. The number of hydrazine groups is 1. The molecule has 2 amide bonds. The van der Waals surface area contributed by atoms with Crippen molar-refractivity contribution in [2.75, 3.05) is 6.61 Å². The summed E-state index contributed by atoms with van der Waals surface area (Å²) in [4.78, 5) is 24.1. The van der Waals surface area contributed by atoms with E-state index in [2.05, 4.69) is 10.9 Å². The van der Waals surface area contributed by atoms with E-state index < -0.39 is 5.92 Å². The van der Waals surface area contributed by atoms with E-state index in [1.165, 1.54) is 24.3 Å². The summed E-state index contributed by atoms with van der Waals surface area (Å²) in [6.45, 7) is 0.230. The van der Waals surface area contributed by atoms with E-state index in [9.17, 15) is 14.0 Å². The van der Waals surface area contributed by atoms with Crippen molar-refractivity contribution >= 4 is 23.4 Å². The van der Waals surface area contributed by atoms with E-state index in [-0.39, 0.29) is 30.7 Å². The number of fused-ring (bicyclic) bond motifs is 1. The van der Waals surface area contributed by atoms with Crippen LogP contribution in [0.25, 0.3) is 0 Å². The van der Waals surface area contributed by atoms with Crippen LogP contribution in [0.4, 0.5) is 4.39 Å². The molecule has 2 N–H and O–H groups in total. The van der Waals surface area contributed by atoms with Gasteiger partial charge in [-0.1, -0.05) is 23.7 Å². The molecule has 0 radical (unpaired) electrons. The van der Waals surface area contributed by atoms with Crippen LogP contribution in [0.3, 0.4) is 0 Å². The monoisotopic (exact) mass is 362 g/mol. The highest BCUT2D eigenvalue weighted by molar-refractivity contribution is 6.30. The molecule has 3 rings (SSSR count). The zero-order valence-corrected chi connectivity index (χ0v) is 14.0. The summed E-state index contributed by atoms with van der Waals surface area (Å²) in [6.07, 6.45) is 0.524. The minimum absolute atomic E-state index is 0.0418. The van der Waals surface area contributed by atoms with Gasteiger partial charge in [-0.3, -0.25) is 20.4 Å². The Kier molecular flexibility index (Phi) is 5.19. The van der Waals surface area contributed by atoms with Gasteiger partial charge >= 0.3 is 0 Å². The van der Waals surface area contributed by atoms with Crippen molar-refractivity contribution in [3.05, 3.63) is 64.4 Å². The molecule has 0 aliphatic carbocycles. The van der Waals surface area contributed by atoms with Gasteiger partial charge in [-0.15, -0.1) is 0 Å². The Morgan fingerprint density at radius 2 is 1.92 bits per heavy atom. The van der Waals surface area contributed by atoms with Gasteiger partial charge in [0.15, 0.2) is 0 Å². The first-order valence-electron chi connectivity index (χ1n) is 7.75. The van der Waals surface area contributed by atoms with Crippen molar-refractivity contribution in [2.24, 2.45) is 5.92 Å². The summed E-state index contributed by atoms with van der Waals surface area (Å²) in [7, 11) is 0. The van der Waals surface area contributed by atoms with Crippen molar-refractivity contribution in [3.63, 3.8) is 0 Å². The zero-order valence-electron chi connectivity index (χ0n) is 13.2. The number of ether oxygens (including phenoxy) is 1. The Bertz CT molecular complexity index is 795. The van der Waals surface area contributed by atoms with Gasteiger partial charge in [0, 0.05) is 5.02 Å². The summed E-state index contributed by atoms with van der Waals surface area (Å²) in [5.41, 5.74) is 6.28. The first kappa shape index (κ1) is 17.2. The lowest BCUT2D eigenvalue weighted by molar-refractivity contribution is -0.131. The van der Waals surface area contributed by atoms with Gasteiger partial charge in [0.05, 0.1) is 12.3 Å². The largest absolute Gasteiger partial charge is 0.492 e. The molecule has 7 heteroatoms. The third-order valence-corrected chi connectivity index (χ3v) is 4.14. The summed E-state index contributed by atoms with van der Waals surface area (Å²) in [5.74, 6) is -0.792. The number of benzene rings is 2. The maximum atomic E-state index is 12.8. The molecule has 1 aliphatic rings. The van der Waals surface area contributed by atoms with Gasteiger partial charge in [0.25, 0.3) is 0 Å². The van der Waals surface area contributed by atoms with Crippen LogP contribution < -0.4 is 15.6 Å². The predicted octanol–water partition coefficient (Wildman–Crippen LogP) is 2.42. The molecule has 5 nitrogen and oxygen atoms in total. The molecular formula is C18H16ClFN2O3. The first-order chi connectivity index (χ1) is 12.0. The minimum atomic E-state index is -0.419. The van der Waals surface area contributed by atoms with Gasteiger partial charge in [0.1, 0.15) is 18.2 Å². The average molecular weight is 363 g/mol. The molecule has 0 unspecified atom stereocenters. The molecule has 1 aliphatic heterocycles. The topological polar surface area (TPSA) is 67.4 Å². The summed E-state index contributed by atoms with van der Waals surface area (Å²) >= 11 is 5.96. The Balaban J connectivity index is 1.51. The fourth-order valence-corrected chi connectivity index (χ4v) is 2.79. The number of hydrogen-bond acceptors (Lipinski definition) is 3. The molecule has 0 bridgehead atoms. The fourth-order valence-electron chi connectivity index (χ4n) is 2.60. The molecule has 25 heavy (non-hydrogen) atoms. The molecule has 0 saturated carbocycles. The van der Waals surface area contributed by atoms with Crippen molar-refractivity contribution in [3.8, 4) is 5.75 Å². The van der Waals surface area contributed by atoms with E-state index in [1.807, 2.05) is 0 Å². The maximum absolute atomic E-state index is 12.8. The molecule has 130 valence electrons. The number of halogens is 2. The highest BCUT2D eigenvalue weighted by Crippen LogP contribution is 2.29. The number of rotatable bonds is 3. The lowest BCUT2D eigenvalue weighted by atomic mass is 9.96. The Morgan fingerprint density at radius 1 is 1.16 bits per heavy atom. The van der Waals surface area contributed by atoms with Crippen LogP contribution in [0, 0.1) is 11.7 Å². The smallest absolute Gasteiger partial charge is 0.245 e. The van der Waals surface area contributed by atoms with Gasteiger partial charge in [0.2, 0.25) is 11.8 Å². The predicted molar refractivity (Wildman–Crippen MR) is 90.5 cm³/mol. The number of amides is 2. The van der Waals surface area contributed by atoms with Gasteiger partial charge in [-0.25, -0.2) is 4.39 Å². The number of hydrogen-bond donors (Lipinski definition) is 2. The fraction of sp³-hybridized carbons (Fsp3) is 0.222. The molecule has 0 aromatic heterocycles. The number of carbonyl (C=O) groups is 2. The minimum Gasteiger partial charge on any atom is -0.492 e. The second-order valence-electron chi connectivity index (χ2n) is 5.80. The molecule has 1 heterocycles. The third-order valence-electron chi connectivity index (χ3n) is 3.90. The molecule has 0 fully saturated rings. The Morgan fingerprint density at radius 3 is 2.68 bits per heavy atom. The second-order valence-corrected chi connectivity index (χ2v) is 6.24. The maximum Gasteiger partial charge on any atom is 0.245 e. The first-order valence-corrected chi connectivity index (χ1v) is 8.13.